The molecule has 6 heteroatoms. The molecule has 0 spiro atoms. The SMILES string of the molecule is NC(=O)N1CCN(C(=O)c2ccc(F)cc2)CC1. The first-order valence-corrected chi connectivity index (χ1v) is 5.67. The van der Waals surface area contributed by atoms with E-state index in [1.54, 1.807) is 4.90 Å². The van der Waals surface area contributed by atoms with Gasteiger partial charge in [0.05, 0.1) is 0 Å². The van der Waals surface area contributed by atoms with Gasteiger partial charge in [0.25, 0.3) is 5.91 Å². The Bertz CT molecular complexity index is 453. The normalized spacial score (nSPS) is 15.6. The molecule has 5 nitrogen and oxygen atoms in total. The van der Waals surface area contributed by atoms with Crippen LogP contribution in [0.2, 0.25) is 0 Å². The Hall–Kier alpha value is -2.11. The molecular weight excluding hydrogens is 237 g/mol. The van der Waals surface area contributed by atoms with E-state index in [4.69, 9.17) is 5.73 Å². The largest absolute Gasteiger partial charge is 0.351 e. The van der Waals surface area contributed by atoms with Crippen LogP contribution in [0, 0.1) is 5.82 Å². The maximum absolute atomic E-state index is 12.7. The van der Waals surface area contributed by atoms with Crippen LogP contribution in [-0.4, -0.2) is 47.9 Å². The summed E-state index contributed by atoms with van der Waals surface area (Å²) in [7, 11) is 0. The van der Waals surface area contributed by atoms with Crippen LogP contribution in [0.1, 0.15) is 10.4 Å². The number of carbonyl (C=O) groups is 2. The molecule has 0 saturated carbocycles. The number of halogens is 1. The summed E-state index contributed by atoms with van der Waals surface area (Å²) < 4.78 is 12.7. The van der Waals surface area contributed by atoms with Crippen molar-refractivity contribution in [2.75, 3.05) is 26.2 Å². The zero-order valence-electron chi connectivity index (χ0n) is 9.80. The number of nitrogens with zero attached hydrogens (tertiary/aromatic N) is 2. The minimum absolute atomic E-state index is 0.154. The number of nitrogens with two attached hydrogens (primary N) is 1. The molecule has 0 atom stereocenters. The van der Waals surface area contributed by atoms with Gasteiger partial charge in [-0.15, -0.1) is 0 Å². The second-order valence-electron chi connectivity index (χ2n) is 4.12. The van der Waals surface area contributed by atoms with Gasteiger partial charge in [-0.2, -0.15) is 0 Å². The van der Waals surface area contributed by atoms with Crippen LogP contribution in [-0.2, 0) is 0 Å². The lowest BCUT2D eigenvalue weighted by molar-refractivity contribution is 0.0669. The number of amides is 3. The molecule has 0 unspecified atom stereocenters. The summed E-state index contributed by atoms with van der Waals surface area (Å²) in [6.45, 7) is 1.75. The zero-order chi connectivity index (χ0) is 13.1. The third-order valence-electron chi connectivity index (χ3n) is 2.97. The quantitative estimate of drug-likeness (QED) is 0.796. The number of urea groups is 1. The van der Waals surface area contributed by atoms with Crippen LogP contribution >= 0.6 is 0 Å². The van der Waals surface area contributed by atoms with E-state index in [0.29, 0.717) is 31.7 Å². The average molecular weight is 251 g/mol. The first-order chi connectivity index (χ1) is 8.58. The highest BCUT2D eigenvalue weighted by Gasteiger charge is 2.23. The van der Waals surface area contributed by atoms with E-state index in [1.165, 1.54) is 29.2 Å². The summed E-state index contributed by atoms with van der Waals surface area (Å²) in [6, 6.07) is 4.96. The van der Waals surface area contributed by atoms with Crippen molar-refractivity contribution >= 4 is 11.9 Å². The maximum Gasteiger partial charge on any atom is 0.314 e. The summed E-state index contributed by atoms with van der Waals surface area (Å²) >= 11 is 0. The number of hydrogen-bond donors (Lipinski definition) is 1. The Labute approximate surface area is 104 Å². The van der Waals surface area contributed by atoms with Gasteiger partial charge in [0.15, 0.2) is 0 Å². The van der Waals surface area contributed by atoms with Crippen LogP contribution in [0.25, 0.3) is 0 Å². The van der Waals surface area contributed by atoms with Crippen molar-refractivity contribution in [2.24, 2.45) is 5.73 Å². The third kappa shape index (κ3) is 2.58. The molecule has 2 rings (SSSR count). The second kappa shape index (κ2) is 5.03. The van der Waals surface area contributed by atoms with Crippen LogP contribution in [0.4, 0.5) is 9.18 Å². The van der Waals surface area contributed by atoms with E-state index in [1.807, 2.05) is 0 Å². The van der Waals surface area contributed by atoms with Crippen molar-refractivity contribution < 1.29 is 14.0 Å². The summed E-state index contributed by atoms with van der Waals surface area (Å²) in [5.41, 5.74) is 5.61. The smallest absolute Gasteiger partial charge is 0.314 e. The monoisotopic (exact) mass is 251 g/mol. The molecule has 2 N–H and O–H groups in total. The molecule has 0 aliphatic carbocycles. The highest BCUT2D eigenvalue weighted by molar-refractivity contribution is 5.94. The lowest BCUT2D eigenvalue weighted by Crippen LogP contribution is -2.52. The van der Waals surface area contributed by atoms with Crippen LogP contribution in [0.5, 0.6) is 0 Å². The zero-order valence-corrected chi connectivity index (χ0v) is 9.80. The highest BCUT2D eigenvalue weighted by Crippen LogP contribution is 2.09. The van der Waals surface area contributed by atoms with Crippen LogP contribution in [0.3, 0.4) is 0 Å². The van der Waals surface area contributed by atoms with Crippen molar-refractivity contribution in [2.45, 2.75) is 0 Å². The van der Waals surface area contributed by atoms with Crippen LogP contribution in [0.15, 0.2) is 24.3 Å². The molecule has 1 heterocycles. The first kappa shape index (κ1) is 12.3. The molecule has 1 aromatic rings. The molecule has 3 amide bonds. The number of benzene rings is 1. The number of carbonyl (C=O) groups excluding carboxylic acids is 2. The average Bonchev–Trinajstić information content (AvgIpc) is 2.39. The Morgan fingerprint density at radius 3 is 2.00 bits per heavy atom. The number of hydrogen-bond acceptors (Lipinski definition) is 2. The molecule has 1 aromatic carbocycles. The lowest BCUT2D eigenvalue weighted by atomic mass is 10.2. The second-order valence-corrected chi connectivity index (χ2v) is 4.12. The van der Waals surface area contributed by atoms with Gasteiger partial charge in [0.1, 0.15) is 5.82 Å². The molecule has 18 heavy (non-hydrogen) atoms. The topological polar surface area (TPSA) is 66.6 Å². The molecule has 1 fully saturated rings. The van der Waals surface area contributed by atoms with Crippen molar-refractivity contribution in [3.63, 3.8) is 0 Å². The molecule has 0 radical (unpaired) electrons. The maximum atomic E-state index is 12.7. The predicted molar refractivity (Wildman–Crippen MR) is 63.5 cm³/mol. The van der Waals surface area contributed by atoms with Gasteiger partial charge in [-0.05, 0) is 24.3 Å². The van der Waals surface area contributed by atoms with E-state index in [9.17, 15) is 14.0 Å². The van der Waals surface area contributed by atoms with E-state index in [0.717, 1.165) is 0 Å². The fraction of sp³-hybridized carbons (Fsp3) is 0.333. The Morgan fingerprint density at radius 2 is 1.50 bits per heavy atom. The first-order valence-electron chi connectivity index (χ1n) is 5.67. The molecular formula is C12H14FN3O2. The van der Waals surface area contributed by atoms with Gasteiger partial charge >= 0.3 is 6.03 Å². The van der Waals surface area contributed by atoms with Gasteiger partial charge in [0, 0.05) is 31.7 Å². The summed E-state index contributed by atoms with van der Waals surface area (Å²) in [5, 5.41) is 0. The van der Waals surface area contributed by atoms with Crippen molar-refractivity contribution in [1.82, 2.24) is 9.80 Å². The molecule has 1 aliphatic heterocycles. The number of rotatable bonds is 1. The molecule has 0 bridgehead atoms. The van der Waals surface area contributed by atoms with Gasteiger partial charge in [-0.25, -0.2) is 9.18 Å². The van der Waals surface area contributed by atoms with E-state index < -0.39 is 6.03 Å². The molecule has 96 valence electrons. The number of piperazine rings is 1. The molecule has 1 saturated heterocycles. The molecule has 0 aromatic heterocycles. The number of primary amides is 1. The van der Waals surface area contributed by atoms with Gasteiger partial charge < -0.3 is 15.5 Å². The van der Waals surface area contributed by atoms with Crippen molar-refractivity contribution in [1.29, 1.82) is 0 Å². The van der Waals surface area contributed by atoms with Gasteiger partial charge in [-0.3, -0.25) is 4.79 Å². The Kier molecular flexibility index (Phi) is 3.45. The summed E-state index contributed by atoms with van der Waals surface area (Å²) in [5.74, 6) is -0.524. The predicted octanol–water partition coefficient (Wildman–Crippen LogP) is 0.662. The minimum Gasteiger partial charge on any atom is -0.351 e. The fourth-order valence-corrected chi connectivity index (χ4v) is 1.90. The van der Waals surface area contributed by atoms with Crippen molar-refractivity contribution in [3.05, 3.63) is 35.6 Å². The summed E-state index contributed by atoms with van der Waals surface area (Å²) in [6.07, 6.45) is 0. The van der Waals surface area contributed by atoms with E-state index in [2.05, 4.69) is 0 Å². The van der Waals surface area contributed by atoms with E-state index >= 15 is 0 Å². The fourth-order valence-electron chi connectivity index (χ4n) is 1.90. The third-order valence-corrected chi connectivity index (χ3v) is 2.97. The summed E-state index contributed by atoms with van der Waals surface area (Å²) in [4.78, 5) is 26.1. The Morgan fingerprint density at radius 1 is 1.00 bits per heavy atom. The lowest BCUT2D eigenvalue weighted by Gasteiger charge is -2.33. The minimum atomic E-state index is -0.469. The van der Waals surface area contributed by atoms with Crippen LogP contribution < -0.4 is 5.73 Å². The van der Waals surface area contributed by atoms with Gasteiger partial charge in [0.2, 0.25) is 0 Å². The Balaban J connectivity index is 1.99. The molecule has 1 aliphatic rings. The highest BCUT2D eigenvalue weighted by atomic mass is 19.1. The van der Waals surface area contributed by atoms with Crippen molar-refractivity contribution in [3.8, 4) is 0 Å². The van der Waals surface area contributed by atoms with Gasteiger partial charge in [-0.1, -0.05) is 0 Å². The standard InChI is InChI=1S/C12H14FN3O2/c13-10-3-1-9(2-4-10)11(17)15-5-7-16(8-6-15)12(14)18/h1-4H,5-8H2,(H2,14,18). The van der Waals surface area contributed by atoms with E-state index in [-0.39, 0.29) is 11.7 Å².